The second-order valence-corrected chi connectivity index (χ2v) is 5.13. The van der Waals surface area contributed by atoms with Crippen molar-refractivity contribution >= 4 is 21.4 Å². The molecule has 3 aromatic rings. The van der Waals surface area contributed by atoms with Crippen molar-refractivity contribution in [2.45, 2.75) is 0 Å². The Kier molecular flexibility index (Phi) is 3.62. The molecular formula is C13H13FN4OS. The van der Waals surface area contributed by atoms with Crippen molar-refractivity contribution in [3.63, 3.8) is 0 Å². The van der Waals surface area contributed by atoms with Crippen molar-refractivity contribution in [1.82, 2.24) is 14.6 Å². The van der Waals surface area contributed by atoms with Gasteiger partial charge in [0.05, 0.1) is 18.5 Å². The summed E-state index contributed by atoms with van der Waals surface area (Å²) in [5, 5.41) is 8.36. The number of aromatic nitrogens is 3. The van der Waals surface area contributed by atoms with Crippen LogP contribution in [0.5, 0.6) is 0 Å². The zero-order valence-corrected chi connectivity index (χ0v) is 11.7. The number of anilines is 1. The quantitative estimate of drug-likeness (QED) is 0.735. The van der Waals surface area contributed by atoms with E-state index in [0.717, 1.165) is 21.3 Å². The van der Waals surface area contributed by atoms with Crippen LogP contribution in [-0.4, -0.2) is 34.9 Å². The SMILES string of the molecule is COCCNc1nn2c(-c3cccc(F)c3)cnc2s1. The molecule has 0 amide bonds. The van der Waals surface area contributed by atoms with Crippen LogP contribution in [0.2, 0.25) is 0 Å². The summed E-state index contributed by atoms with van der Waals surface area (Å²) in [5.41, 5.74) is 1.53. The standard InChI is InChI=1S/C13H13FN4OS/c1-19-6-5-15-12-17-18-11(8-16-13(18)20-12)9-3-2-4-10(14)7-9/h2-4,7-8H,5-6H2,1H3,(H,15,17). The van der Waals surface area contributed by atoms with Gasteiger partial charge in [0.25, 0.3) is 0 Å². The van der Waals surface area contributed by atoms with Crippen LogP contribution in [0.4, 0.5) is 9.52 Å². The fourth-order valence-electron chi connectivity index (χ4n) is 1.87. The molecule has 0 fully saturated rings. The highest BCUT2D eigenvalue weighted by atomic mass is 32.1. The number of nitrogens with one attached hydrogen (secondary N) is 1. The minimum atomic E-state index is -0.272. The van der Waals surface area contributed by atoms with Crippen LogP contribution in [-0.2, 0) is 4.74 Å². The van der Waals surface area contributed by atoms with E-state index in [0.29, 0.717) is 13.2 Å². The second-order valence-electron chi connectivity index (χ2n) is 4.17. The fourth-order valence-corrected chi connectivity index (χ4v) is 2.67. The van der Waals surface area contributed by atoms with Gasteiger partial charge >= 0.3 is 0 Å². The Balaban J connectivity index is 1.92. The van der Waals surface area contributed by atoms with Crippen molar-refractivity contribution in [2.75, 3.05) is 25.6 Å². The first-order chi connectivity index (χ1) is 9.78. The molecule has 1 N–H and O–H groups in total. The van der Waals surface area contributed by atoms with E-state index in [1.165, 1.54) is 23.5 Å². The second kappa shape index (κ2) is 5.56. The normalized spacial score (nSPS) is 11.1. The van der Waals surface area contributed by atoms with E-state index in [-0.39, 0.29) is 5.82 Å². The van der Waals surface area contributed by atoms with Crippen LogP contribution in [0.3, 0.4) is 0 Å². The number of nitrogens with zero attached hydrogens (tertiary/aromatic N) is 3. The molecule has 0 aliphatic rings. The van der Waals surface area contributed by atoms with Gasteiger partial charge in [-0.3, -0.25) is 0 Å². The van der Waals surface area contributed by atoms with E-state index in [9.17, 15) is 4.39 Å². The predicted octanol–water partition coefficient (Wildman–Crippen LogP) is 2.66. The summed E-state index contributed by atoms with van der Waals surface area (Å²) in [6, 6.07) is 6.40. The molecule has 0 saturated carbocycles. The summed E-state index contributed by atoms with van der Waals surface area (Å²) < 4.78 is 20.0. The number of methoxy groups -OCH3 is 1. The molecule has 0 spiro atoms. The highest BCUT2D eigenvalue weighted by Gasteiger charge is 2.11. The molecule has 0 atom stereocenters. The number of hydrogen-bond acceptors (Lipinski definition) is 5. The molecule has 104 valence electrons. The summed E-state index contributed by atoms with van der Waals surface area (Å²) in [7, 11) is 1.65. The average Bonchev–Trinajstić information content (AvgIpc) is 2.98. The van der Waals surface area contributed by atoms with Gasteiger partial charge in [-0.15, -0.1) is 5.10 Å². The van der Waals surface area contributed by atoms with E-state index in [2.05, 4.69) is 15.4 Å². The summed E-state index contributed by atoms with van der Waals surface area (Å²) in [4.78, 5) is 5.07. The molecule has 0 radical (unpaired) electrons. The van der Waals surface area contributed by atoms with E-state index in [1.54, 1.807) is 23.9 Å². The number of hydrogen-bond donors (Lipinski definition) is 1. The Hall–Kier alpha value is -1.99. The van der Waals surface area contributed by atoms with Crippen molar-refractivity contribution in [3.8, 4) is 11.3 Å². The van der Waals surface area contributed by atoms with Crippen molar-refractivity contribution in [2.24, 2.45) is 0 Å². The Morgan fingerprint density at radius 3 is 3.15 bits per heavy atom. The Bertz CT molecular complexity index is 724. The maximum absolute atomic E-state index is 13.3. The lowest BCUT2D eigenvalue weighted by molar-refractivity contribution is 0.210. The van der Waals surface area contributed by atoms with Gasteiger partial charge in [-0.1, -0.05) is 23.5 Å². The maximum atomic E-state index is 13.3. The lowest BCUT2D eigenvalue weighted by Gasteiger charge is -2.00. The van der Waals surface area contributed by atoms with Gasteiger partial charge in [0.1, 0.15) is 5.82 Å². The molecule has 0 bridgehead atoms. The van der Waals surface area contributed by atoms with Crippen molar-refractivity contribution < 1.29 is 9.13 Å². The zero-order chi connectivity index (χ0) is 13.9. The highest BCUT2D eigenvalue weighted by molar-refractivity contribution is 7.20. The lowest BCUT2D eigenvalue weighted by Crippen LogP contribution is -2.07. The molecule has 7 heteroatoms. The lowest BCUT2D eigenvalue weighted by atomic mass is 10.2. The predicted molar refractivity (Wildman–Crippen MR) is 76.6 cm³/mol. The smallest absolute Gasteiger partial charge is 0.214 e. The molecule has 20 heavy (non-hydrogen) atoms. The third-order valence-electron chi connectivity index (χ3n) is 2.79. The van der Waals surface area contributed by atoms with E-state index >= 15 is 0 Å². The summed E-state index contributed by atoms with van der Waals surface area (Å²) >= 11 is 1.45. The summed E-state index contributed by atoms with van der Waals surface area (Å²) in [5.74, 6) is -0.272. The number of halogens is 1. The first kappa shape index (κ1) is 13.0. The molecule has 0 unspecified atom stereocenters. The number of rotatable bonds is 5. The highest BCUT2D eigenvalue weighted by Crippen LogP contribution is 2.26. The van der Waals surface area contributed by atoms with Crippen molar-refractivity contribution in [3.05, 3.63) is 36.3 Å². The molecule has 0 saturated heterocycles. The van der Waals surface area contributed by atoms with E-state index < -0.39 is 0 Å². The van der Waals surface area contributed by atoms with E-state index in [4.69, 9.17) is 4.74 Å². The van der Waals surface area contributed by atoms with Crippen LogP contribution < -0.4 is 5.32 Å². The first-order valence-corrected chi connectivity index (χ1v) is 6.93. The molecule has 2 aromatic heterocycles. The number of fused-ring (bicyclic) bond motifs is 1. The Labute approximate surface area is 119 Å². The minimum absolute atomic E-state index is 0.272. The molecule has 3 rings (SSSR count). The average molecular weight is 292 g/mol. The Morgan fingerprint density at radius 1 is 1.45 bits per heavy atom. The summed E-state index contributed by atoms with van der Waals surface area (Å²) in [6.45, 7) is 1.29. The van der Waals surface area contributed by atoms with Gasteiger partial charge in [-0.25, -0.2) is 13.9 Å². The van der Waals surface area contributed by atoms with Gasteiger partial charge in [0.15, 0.2) is 0 Å². The number of ether oxygens (including phenoxy) is 1. The maximum Gasteiger partial charge on any atom is 0.214 e. The zero-order valence-electron chi connectivity index (χ0n) is 10.8. The molecule has 2 heterocycles. The molecule has 1 aromatic carbocycles. The fraction of sp³-hybridized carbons (Fsp3) is 0.231. The monoisotopic (exact) mass is 292 g/mol. The van der Waals surface area contributed by atoms with Crippen LogP contribution >= 0.6 is 11.3 Å². The van der Waals surface area contributed by atoms with Gasteiger partial charge in [0.2, 0.25) is 10.1 Å². The minimum Gasteiger partial charge on any atom is -0.383 e. The van der Waals surface area contributed by atoms with Crippen LogP contribution in [0.1, 0.15) is 0 Å². The summed E-state index contributed by atoms with van der Waals surface area (Å²) in [6.07, 6.45) is 1.70. The third kappa shape index (κ3) is 2.50. The van der Waals surface area contributed by atoms with Crippen LogP contribution in [0.15, 0.2) is 30.5 Å². The largest absolute Gasteiger partial charge is 0.383 e. The molecule has 5 nitrogen and oxygen atoms in total. The van der Waals surface area contributed by atoms with Crippen LogP contribution in [0.25, 0.3) is 16.2 Å². The van der Waals surface area contributed by atoms with Gasteiger partial charge in [-0.05, 0) is 12.1 Å². The van der Waals surface area contributed by atoms with Crippen LogP contribution in [0, 0.1) is 5.82 Å². The first-order valence-electron chi connectivity index (χ1n) is 6.11. The van der Waals surface area contributed by atoms with Gasteiger partial charge in [0, 0.05) is 19.2 Å². The third-order valence-corrected chi connectivity index (χ3v) is 3.67. The van der Waals surface area contributed by atoms with E-state index in [1.807, 2.05) is 6.07 Å². The van der Waals surface area contributed by atoms with Gasteiger partial charge < -0.3 is 10.1 Å². The number of benzene rings is 1. The molecule has 0 aliphatic carbocycles. The van der Waals surface area contributed by atoms with Gasteiger partial charge in [-0.2, -0.15) is 0 Å². The topological polar surface area (TPSA) is 51.5 Å². The van der Waals surface area contributed by atoms with Crippen molar-refractivity contribution in [1.29, 1.82) is 0 Å². The Morgan fingerprint density at radius 2 is 2.35 bits per heavy atom. The number of imidazole rings is 1. The molecular weight excluding hydrogens is 279 g/mol. The molecule has 0 aliphatic heterocycles.